The fourth-order valence-corrected chi connectivity index (χ4v) is 4.52. The van der Waals surface area contributed by atoms with Crippen molar-refractivity contribution in [2.24, 2.45) is 11.8 Å². The quantitative estimate of drug-likeness (QED) is 0.137. The second kappa shape index (κ2) is 14.7. The van der Waals surface area contributed by atoms with Crippen molar-refractivity contribution in [3.63, 3.8) is 0 Å². The van der Waals surface area contributed by atoms with Gasteiger partial charge in [-0.25, -0.2) is 0 Å². The van der Waals surface area contributed by atoms with E-state index >= 15 is 0 Å². The number of amides is 3. The zero-order valence-corrected chi connectivity index (χ0v) is 24.6. The largest absolute Gasteiger partial charge is 0.390 e. The fourth-order valence-electron chi connectivity index (χ4n) is 4.52. The molecule has 1 rings (SSSR count). The van der Waals surface area contributed by atoms with E-state index in [4.69, 9.17) is 0 Å². The van der Waals surface area contributed by atoms with E-state index in [0.717, 1.165) is 6.08 Å². The number of nitrogens with zero attached hydrogens (tertiary/aromatic N) is 1. The van der Waals surface area contributed by atoms with Crippen LogP contribution in [0.15, 0.2) is 36.9 Å². The van der Waals surface area contributed by atoms with E-state index in [1.165, 1.54) is 39.0 Å². The molecule has 0 spiro atoms. The van der Waals surface area contributed by atoms with E-state index in [0.29, 0.717) is 12.0 Å². The number of rotatable bonds is 16. The minimum atomic E-state index is -1.64. The molecule has 222 valence electrons. The lowest BCUT2D eigenvalue weighted by molar-refractivity contribution is -0.384. The first-order valence-electron chi connectivity index (χ1n) is 13.4. The Morgan fingerprint density at radius 2 is 1.60 bits per heavy atom. The zero-order chi connectivity index (χ0) is 30.8. The van der Waals surface area contributed by atoms with Crippen molar-refractivity contribution in [2.75, 3.05) is 0 Å². The summed E-state index contributed by atoms with van der Waals surface area (Å²) in [6.07, 6.45) is 1.37. The molecule has 0 aliphatic rings. The lowest BCUT2D eigenvalue weighted by Gasteiger charge is -2.36. The van der Waals surface area contributed by atoms with Crippen LogP contribution in [0.1, 0.15) is 73.3 Å². The van der Waals surface area contributed by atoms with E-state index in [9.17, 15) is 34.4 Å². The number of carbonyl (C=O) groups is 4. The topological polar surface area (TPSA) is 168 Å². The van der Waals surface area contributed by atoms with Crippen LogP contribution in [0.25, 0.3) is 0 Å². The molecule has 11 heteroatoms. The molecular weight excluding hydrogens is 516 g/mol. The molecule has 4 N–H and O–H groups in total. The molecule has 0 aliphatic heterocycles. The third-order valence-electron chi connectivity index (χ3n) is 6.09. The highest BCUT2D eigenvalue weighted by Gasteiger charge is 2.41. The average molecular weight is 561 g/mol. The molecule has 0 fully saturated rings. The van der Waals surface area contributed by atoms with Crippen LogP contribution in [0, 0.1) is 22.0 Å². The normalized spacial score (nSPS) is 14.6. The first-order chi connectivity index (χ1) is 18.4. The first-order valence-corrected chi connectivity index (χ1v) is 13.4. The van der Waals surface area contributed by atoms with Gasteiger partial charge in [0.2, 0.25) is 17.7 Å². The van der Waals surface area contributed by atoms with Crippen LogP contribution in [-0.2, 0) is 25.6 Å². The molecule has 40 heavy (non-hydrogen) atoms. The Morgan fingerprint density at radius 1 is 1.02 bits per heavy atom. The van der Waals surface area contributed by atoms with Gasteiger partial charge in [0.1, 0.15) is 11.6 Å². The first kappa shape index (κ1) is 34.4. The molecule has 3 atom stereocenters. The molecule has 0 radical (unpaired) electrons. The number of nitro benzene ring substituents is 1. The number of carbonyl (C=O) groups excluding carboxylic acids is 4. The summed E-state index contributed by atoms with van der Waals surface area (Å²) in [5, 5.41) is 29.7. The second-order valence-corrected chi connectivity index (χ2v) is 11.9. The highest BCUT2D eigenvalue weighted by molar-refractivity contribution is 5.99. The maximum atomic E-state index is 13.6. The predicted octanol–water partition coefficient (Wildman–Crippen LogP) is 2.99. The monoisotopic (exact) mass is 560 g/mol. The maximum Gasteiger partial charge on any atom is 0.269 e. The third-order valence-corrected chi connectivity index (χ3v) is 6.09. The van der Waals surface area contributed by atoms with Gasteiger partial charge in [-0.15, -0.1) is 0 Å². The Morgan fingerprint density at radius 3 is 2.10 bits per heavy atom. The Balaban J connectivity index is 3.22. The van der Waals surface area contributed by atoms with Gasteiger partial charge in [0.25, 0.3) is 5.69 Å². The van der Waals surface area contributed by atoms with Gasteiger partial charge < -0.3 is 21.1 Å². The highest BCUT2D eigenvalue weighted by atomic mass is 16.6. The number of non-ortho nitro benzene ring substituents is 1. The predicted molar refractivity (Wildman–Crippen MR) is 152 cm³/mol. The van der Waals surface area contributed by atoms with Crippen LogP contribution in [0.5, 0.6) is 0 Å². The van der Waals surface area contributed by atoms with Gasteiger partial charge in [-0.2, -0.15) is 0 Å². The van der Waals surface area contributed by atoms with Gasteiger partial charge in [0, 0.05) is 18.6 Å². The molecule has 0 aliphatic carbocycles. The SMILES string of the molecule is C=CC(=O)[C@H](CC(C)C)NC(=O)[C@H](CC(C)C)NC(=O)[C@](C)(CC(C)(C)O)NC(=O)Cc1cccc([N+](=O)[O-])c1. The second-order valence-electron chi connectivity index (χ2n) is 11.9. The number of aliphatic hydroxyl groups is 1. The molecule has 1 aromatic rings. The lowest BCUT2D eigenvalue weighted by Crippen LogP contribution is -2.63. The van der Waals surface area contributed by atoms with Crippen molar-refractivity contribution in [1.82, 2.24) is 16.0 Å². The summed E-state index contributed by atoms with van der Waals surface area (Å²) in [5.74, 6) is -2.06. The third kappa shape index (κ3) is 11.6. The van der Waals surface area contributed by atoms with Crippen LogP contribution in [-0.4, -0.2) is 56.8 Å². The van der Waals surface area contributed by atoms with Crippen molar-refractivity contribution in [1.29, 1.82) is 0 Å². The van der Waals surface area contributed by atoms with Crippen LogP contribution in [0.2, 0.25) is 0 Å². The minimum Gasteiger partial charge on any atom is -0.390 e. The zero-order valence-electron chi connectivity index (χ0n) is 24.6. The molecule has 0 heterocycles. The fraction of sp³-hybridized carbons (Fsp3) is 0.586. The Bertz CT molecular complexity index is 1090. The van der Waals surface area contributed by atoms with Crippen molar-refractivity contribution < 1.29 is 29.2 Å². The van der Waals surface area contributed by atoms with Crippen molar-refractivity contribution in [2.45, 2.75) is 97.4 Å². The number of hydrogen-bond donors (Lipinski definition) is 4. The van der Waals surface area contributed by atoms with Crippen LogP contribution >= 0.6 is 0 Å². The summed E-state index contributed by atoms with van der Waals surface area (Å²) in [7, 11) is 0. The molecule has 0 saturated carbocycles. The van der Waals surface area contributed by atoms with Crippen molar-refractivity contribution >= 4 is 29.2 Å². The summed E-state index contributed by atoms with van der Waals surface area (Å²) in [5.41, 5.74) is -2.81. The molecule has 0 bridgehead atoms. The van der Waals surface area contributed by atoms with E-state index in [2.05, 4.69) is 22.5 Å². The Hall–Kier alpha value is -3.60. The molecule has 3 amide bonds. The van der Waals surface area contributed by atoms with Crippen molar-refractivity contribution in [3.05, 3.63) is 52.6 Å². The molecular formula is C29H44N4O7. The Labute approximate surface area is 236 Å². The smallest absolute Gasteiger partial charge is 0.269 e. The van der Waals surface area contributed by atoms with Crippen LogP contribution in [0.3, 0.4) is 0 Å². The summed E-state index contributed by atoms with van der Waals surface area (Å²) >= 11 is 0. The Kier molecular flexibility index (Phi) is 12.6. The summed E-state index contributed by atoms with van der Waals surface area (Å²) in [4.78, 5) is 62.8. The molecule has 1 aromatic carbocycles. The summed E-state index contributed by atoms with van der Waals surface area (Å²) in [6.45, 7) is 15.5. The number of ketones is 1. The van der Waals surface area contributed by atoms with Crippen molar-refractivity contribution in [3.8, 4) is 0 Å². The molecule has 0 unspecified atom stereocenters. The number of benzene rings is 1. The van der Waals surface area contributed by atoms with E-state index < -0.39 is 45.9 Å². The van der Waals surface area contributed by atoms with Crippen LogP contribution in [0.4, 0.5) is 5.69 Å². The van der Waals surface area contributed by atoms with E-state index in [1.807, 2.05) is 27.7 Å². The maximum absolute atomic E-state index is 13.6. The highest BCUT2D eigenvalue weighted by Crippen LogP contribution is 2.22. The van der Waals surface area contributed by atoms with Gasteiger partial charge in [-0.3, -0.25) is 29.3 Å². The molecule has 0 saturated heterocycles. The van der Waals surface area contributed by atoms with E-state index in [-0.39, 0.29) is 42.6 Å². The number of hydrogen-bond acceptors (Lipinski definition) is 7. The number of nitrogens with one attached hydrogen (secondary N) is 3. The summed E-state index contributed by atoms with van der Waals surface area (Å²) < 4.78 is 0. The minimum absolute atomic E-state index is 0.00120. The summed E-state index contributed by atoms with van der Waals surface area (Å²) in [6, 6.07) is 3.78. The molecule has 0 aromatic heterocycles. The van der Waals surface area contributed by atoms with Crippen LogP contribution < -0.4 is 16.0 Å². The number of nitro groups is 1. The average Bonchev–Trinajstić information content (AvgIpc) is 2.80. The van der Waals surface area contributed by atoms with Gasteiger partial charge in [-0.1, -0.05) is 46.4 Å². The lowest BCUT2D eigenvalue weighted by atomic mass is 9.86. The van der Waals surface area contributed by atoms with Gasteiger partial charge >= 0.3 is 0 Å². The van der Waals surface area contributed by atoms with Gasteiger partial charge in [-0.05, 0) is 57.1 Å². The van der Waals surface area contributed by atoms with Gasteiger partial charge in [0.15, 0.2) is 5.78 Å². The standard InChI is InChI=1S/C29H44N4O7/c1-9-24(34)22(13-18(2)3)30-26(36)23(14-19(4)5)31-27(37)29(8,17-28(6,7)38)32-25(35)16-20-11-10-12-21(15-20)33(39)40/h9-12,15,18-19,22-23,38H,1,13-14,16-17H2,2-8H3,(H,30,36)(H,31,37)(H,32,35)/t22-,23-,29-/m0/s1. The molecule has 11 nitrogen and oxygen atoms in total. The van der Waals surface area contributed by atoms with E-state index in [1.54, 1.807) is 6.07 Å². The van der Waals surface area contributed by atoms with Gasteiger partial charge in [0.05, 0.1) is 23.0 Å².